The van der Waals surface area contributed by atoms with E-state index >= 15 is 4.39 Å². The average molecular weight is 579 g/mol. The van der Waals surface area contributed by atoms with Gasteiger partial charge in [0.2, 0.25) is 0 Å². The standard InChI is InChI=1S/C33H33F3N2O2S/c1-21-25(18-26-27(34)14-9-15-28(26)35)33-38(32(39)30(21)24-13-8-16-29(40-2)31(24)36)23(20-41-33)19-37-17-7-6-12-22-10-4-3-5-11-22/h3-5,8-11,13-16,23,37H,6-7,12,17-20H2,1-2H3. The van der Waals surface area contributed by atoms with Crippen molar-refractivity contribution in [2.75, 3.05) is 26.0 Å². The van der Waals surface area contributed by atoms with Crippen LogP contribution >= 0.6 is 11.8 Å². The van der Waals surface area contributed by atoms with Crippen molar-refractivity contribution < 1.29 is 17.9 Å². The van der Waals surface area contributed by atoms with Gasteiger partial charge < -0.3 is 10.1 Å². The third kappa shape index (κ3) is 6.09. The van der Waals surface area contributed by atoms with Gasteiger partial charge in [-0.25, -0.2) is 13.2 Å². The Balaban J connectivity index is 1.46. The van der Waals surface area contributed by atoms with Gasteiger partial charge in [0.05, 0.1) is 23.7 Å². The molecule has 0 bridgehead atoms. The molecule has 0 saturated carbocycles. The van der Waals surface area contributed by atoms with Crippen LogP contribution in [0.2, 0.25) is 0 Å². The number of thioether (sulfide) groups is 1. The number of nitrogens with one attached hydrogen (secondary N) is 1. The molecular formula is C33H33F3N2O2S. The van der Waals surface area contributed by atoms with Crippen LogP contribution in [0.25, 0.3) is 11.1 Å². The summed E-state index contributed by atoms with van der Waals surface area (Å²) in [6.45, 7) is 3.08. The Hall–Kier alpha value is -3.49. The number of unbranched alkanes of at least 4 members (excludes halogenated alkanes) is 1. The van der Waals surface area contributed by atoms with Gasteiger partial charge in [0.25, 0.3) is 5.56 Å². The van der Waals surface area contributed by atoms with Gasteiger partial charge >= 0.3 is 0 Å². The van der Waals surface area contributed by atoms with Crippen molar-refractivity contribution in [1.82, 2.24) is 9.88 Å². The topological polar surface area (TPSA) is 43.3 Å². The van der Waals surface area contributed by atoms with E-state index in [1.165, 1.54) is 48.7 Å². The number of ether oxygens (including phenoxy) is 1. The van der Waals surface area contributed by atoms with Gasteiger partial charge in [-0.1, -0.05) is 48.5 Å². The maximum absolute atomic E-state index is 15.5. The molecule has 3 aromatic carbocycles. The number of nitrogens with zero attached hydrogens (tertiary/aromatic N) is 1. The number of benzene rings is 3. The summed E-state index contributed by atoms with van der Waals surface area (Å²) in [7, 11) is 1.37. The maximum atomic E-state index is 15.5. The Morgan fingerprint density at radius 3 is 2.41 bits per heavy atom. The number of hydrogen-bond acceptors (Lipinski definition) is 4. The van der Waals surface area contributed by atoms with Crippen LogP contribution in [0.3, 0.4) is 0 Å². The first-order chi connectivity index (χ1) is 19.9. The molecule has 0 spiro atoms. The summed E-state index contributed by atoms with van der Waals surface area (Å²) in [6.07, 6.45) is 2.99. The monoisotopic (exact) mass is 578 g/mol. The Bertz CT molecular complexity index is 1570. The van der Waals surface area contributed by atoms with Crippen molar-refractivity contribution in [3.8, 4) is 16.9 Å². The largest absolute Gasteiger partial charge is 0.494 e. The molecule has 41 heavy (non-hydrogen) atoms. The lowest BCUT2D eigenvalue weighted by atomic mass is 9.94. The fourth-order valence-corrected chi connectivity index (χ4v) is 6.86. The summed E-state index contributed by atoms with van der Waals surface area (Å²) in [5.74, 6) is -1.29. The van der Waals surface area contributed by atoms with Crippen molar-refractivity contribution >= 4 is 11.8 Å². The second-order valence-electron chi connectivity index (χ2n) is 10.3. The van der Waals surface area contributed by atoms with Crippen molar-refractivity contribution in [2.24, 2.45) is 0 Å². The van der Waals surface area contributed by atoms with Crippen LogP contribution in [-0.4, -0.2) is 30.5 Å². The highest BCUT2D eigenvalue weighted by molar-refractivity contribution is 7.99. The van der Waals surface area contributed by atoms with E-state index in [9.17, 15) is 13.6 Å². The van der Waals surface area contributed by atoms with E-state index in [0.29, 0.717) is 28.5 Å². The van der Waals surface area contributed by atoms with E-state index in [0.717, 1.165) is 25.8 Å². The minimum Gasteiger partial charge on any atom is -0.494 e. The van der Waals surface area contributed by atoms with Crippen LogP contribution in [0, 0.1) is 24.4 Å². The SMILES string of the molecule is COc1cccc(-c2c(C)c(Cc3c(F)cccc3F)c3n(c2=O)C(CNCCCCc2ccccc2)CS3)c1F. The van der Waals surface area contributed by atoms with E-state index in [2.05, 4.69) is 17.4 Å². The molecule has 1 N–H and O–H groups in total. The molecular weight excluding hydrogens is 545 g/mol. The summed E-state index contributed by atoms with van der Waals surface area (Å²) in [6, 6.07) is 18.6. The number of halogens is 3. The highest BCUT2D eigenvalue weighted by atomic mass is 32.2. The molecule has 1 atom stereocenters. The van der Waals surface area contributed by atoms with Crippen molar-refractivity contribution in [3.63, 3.8) is 0 Å². The summed E-state index contributed by atoms with van der Waals surface area (Å²) in [5, 5.41) is 4.16. The minimum atomic E-state index is -0.653. The molecule has 214 valence electrons. The number of aromatic nitrogens is 1. The number of aryl methyl sites for hydroxylation is 1. The molecule has 0 saturated heterocycles. The van der Waals surface area contributed by atoms with Gasteiger partial charge in [0.15, 0.2) is 11.6 Å². The predicted molar refractivity (Wildman–Crippen MR) is 159 cm³/mol. The van der Waals surface area contributed by atoms with E-state index < -0.39 is 17.5 Å². The van der Waals surface area contributed by atoms with Crippen LogP contribution in [0.4, 0.5) is 13.2 Å². The zero-order valence-corrected chi connectivity index (χ0v) is 24.0. The van der Waals surface area contributed by atoms with E-state index in [1.807, 2.05) is 18.2 Å². The molecule has 1 aromatic heterocycles. The second kappa shape index (κ2) is 13.0. The Morgan fingerprint density at radius 2 is 1.68 bits per heavy atom. The minimum absolute atomic E-state index is 0.0246. The Kier molecular flexibility index (Phi) is 9.20. The normalized spacial score (nSPS) is 14.3. The zero-order valence-electron chi connectivity index (χ0n) is 23.2. The summed E-state index contributed by atoms with van der Waals surface area (Å²) in [5.41, 5.74) is 2.36. The van der Waals surface area contributed by atoms with Crippen LogP contribution in [-0.2, 0) is 12.8 Å². The van der Waals surface area contributed by atoms with Gasteiger partial charge in [-0.05, 0) is 67.6 Å². The molecule has 0 fully saturated rings. The molecule has 5 rings (SSSR count). The number of rotatable bonds is 11. The Labute approximate surface area is 242 Å². The number of methoxy groups -OCH3 is 1. The first-order valence-electron chi connectivity index (χ1n) is 13.8. The quantitative estimate of drug-likeness (QED) is 0.193. The molecule has 1 unspecified atom stereocenters. The lowest BCUT2D eigenvalue weighted by molar-refractivity contribution is 0.387. The average Bonchev–Trinajstić information content (AvgIpc) is 3.40. The predicted octanol–water partition coefficient (Wildman–Crippen LogP) is 7.10. The van der Waals surface area contributed by atoms with Gasteiger partial charge in [0.1, 0.15) is 11.6 Å². The number of hydrogen-bond donors (Lipinski definition) is 1. The fourth-order valence-electron chi connectivity index (χ4n) is 5.48. The van der Waals surface area contributed by atoms with Gasteiger partial charge in [-0.3, -0.25) is 9.36 Å². The molecule has 4 aromatic rings. The summed E-state index contributed by atoms with van der Waals surface area (Å²) < 4.78 is 51.8. The molecule has 1 aliphatic heterocycles. The first-order valence-corrected chi connectivity index (χ1v) is 14.8. The smallest absolute Gasteiger partial charge is 0.260 e. The Morgan fingerprint density at radius 1 is 0.951 bits per heavy atom. The van der Waals surface area contributed by atoms with E-state index in [1.54, 1.807) is 23.6 Å². The van der Waals surface area contributed by atoms with Crippen molar-refractivity contribution in [3.05, 3.63) is 117 Å². The fraction of sp³-hybridized carbons (Fsp3) is 0.303. The second-order valence-corrected chi connectivity index (χ2v) is 11.3. The lowest BCUT2D eigenvalue weighted by Gasteiger charge is -2.21. The molecule has 8 heteroatoms. The summed E-state index contributed by atoms with van der Waals surface area (Å²) in [4.78, 5) is 14.0. The molecule has 2 heterocycles. The lowest BCUT2D eigenvalue weighted by Crippen LogP contribution is -2.33. The van der Waals surface area contributed by atoms with E-state index in [4.69, 9.17) is 4.74 Å². The maximum Gasteiger partial charge on any atom is 0.260 e. The number of fused-ring (bicyclic) bond motifs is 1. The van der Waals surface area contributed by atoms with Crippen molar-refractivity contribution in [1.29, 1.82) is 0 Å². The van der Waals surface area contributed by atoms with Gasteiger partial charge in [0, 0.05) is 29.8 Å². The third-order valence-corrected chi connectivity index (χ3v) is 8.94. The molecule has 1 aliphatic rings. The summed E-state index contributed by atoms with van der Waals surface area (Å²) >= 11 is 1.50. The van der Waals surface area contributed by atoms with Crippen molar-refractivity contribution in [2.45, 2.75) is 43.7 Å². The zero-order chi connectivity index (χ0) is 28.9. The molecule has 0 amide bonds. The highest BCUT2D eigenvalue weighted by Gasteiger charge is 2.32. The third-order valence-electron chi connectivity index (χ3n) is 7.67. The van der Waals surface area contributed by atoms with Gasteiger partial charge in [-0.15, -0.1) is 11.8 Å². The van der Waals surface area contributed by atoms with Crippen LogP contribution < -0.4 is 15.6 Å². The van der Waals surface area contributed by atoms with Gasteiger partial charge in [-0.2, -0.15) is 0 Å². The first kappa shape index (κ1) is 29.0. The molecule has 4 nitrogen and oxygen atoms in total. The van der Waals surface area contributed by atoms with E-state index in [-0.39, 0.29) is 40.5 Å². The molecule has 0 radical (unpaired) electrons. The highest BCUT2D eigenvalue weighted by Crippen LogP contribution is 2.40. The van der Waals surface area contributed by atoms with Crippen LogP contribution in [0.5, 0.6) is 5.75 Å². The number of pyridine rings is 1. The molecule has 0 aliphatic carbocycles. The van der Waals surface area contributed by atoms with Crippen LogP contribution in [0.15, 0.2) is 76.6 Å². The van der Waals surface area contributed by atoms with Crippen LogP contribution in [0.1, 0.15) is 41.1 Å².